The fourth-order valence-corrected chi connectivity index (χ4v) is 3.98. The SMILES string of the molecule is Nc1nonc1-n1nnc(CN2CCCC2)c1C(=O)N/N=C1\CCc2ccccc21. The number of nitrogens with one attached hydrogen (secondary N) is 1. The number of carbonyl (C=O) groups excluding carboxylic acids is 1. The van der Waals surface area contributed by atoms with E-state index in [1.807, 2.05) is 18.2 Å². The molecule has 0 unspecified atom stereocenters. The number of hydrazone groups is 1. The van der Waals surface area contributed by atoms with Crippen LogP contribution in [0.25, 0.3) is 5.82 Å². The quantitative estimate of drug-likeness (QED) is 0.595. The maximum absolute atomic E-state index is 13.1. The summed E-state index contributed by atoms with van der Waals surface area (Å²) < 4.78 is 5.93. The van der Waals surface area contributed by atoms with Crippen molar-refractivity contribution in [3.63, 3.8) is 0 Å². The monoisotopic (exact) mass is 407 g/mol. The molecule has 1 aromatic carbocycles. The van der Waals surface area contributed by atoms with Gasteiger partial charge >= 0.3 is 0 Å². The van der Waals surface area contributed by atoms with Crippen LogP contribution in [0.3, 0.4) is 0 Å². The van der Waals surface area contributed by atoms with Crippen molar-refractivity contribution in [1.29, 1.82) is 0 Å². The van der Waals surface area contributed by atoms with Crippen LogP contribution in [-0.2, 0) is 13.0 Å². The van der Waals surface area contributed by atoms with Crippen LogP contribution in [0.1, 0.15) is 46.6 Å². The molecule has 11 heteroatoms. The van der Waals surface area contributed by atoms with Gasteiger partial charge in [-0.05, 0) is 54.6 Å². The van der Waals surface area contributed by atoms with Gasteiger partial charge in [-0.2, -0.15) is 9.78 Å². The molecule has 3 aromatic rings. The van der Waals surface area contributed by atoms with Gasteiger partial charge in [0, 0.05) is 12.1 Å². The first-order valence-electron chi connectivity index (χ1n) is 9.91. The van der Waals surface area contributed by atoms with Crippen LogP contribution in [0.2, 0.25) is 0 Å². The normalized spacial score (nSPS) is 17.5. The van der Waals surface area contributed by atoms with E-state index >= 15 is 0 Å². The van der Waals surface area contributed by atoms with Crippen molar-refractivity contribution in [3.05, 3.63) is 46.8 Å². The molecule has 3 N–H and O–H groups in total. The Morgan fingerprint density at radius 1 is 1.20 bits per heavy atom. The number of nitrogens with zero attached hydrogens (tertiary/aromatic N) is 7. The summed E-state index contributed by atoms with van der Waals surface area (Å²) in [5.41, 5.74) is 12.4. The van der Waals surface area contributed by atoms with E-state index < -0.39 is 5.91 Å². The Morgan fingerprint density at radius 2 is 2.03 bits per heavy atom. The van der Waals surface area contributed by atoms with E-state index in [1.54, 1.807) is 0 Å². The third-order valence-electron chi connectivity index (χ3n) is 5.48. The average Bonchev–Trinajstić information content (AvgIpc) is 3.54. The van der Waals surface area contributed by atoms with Gasteiger partial charge in [0.1, 0.15) is 5.69 Å². The fraction of sp³-hybridized carbons (Fsp3) is 0.368. The first-order valence-corrected chi connectivity index (χ1v) is 9.91. The molecule has 0 bridgehead atoms. The van der Waals surface area contributed by atoms with Crippen LogP contribution in [0.15, 0.2) is 34.0 Å². The molecule has 5 rings (SSSR count). The number of aromatic nitrogens is 5. The van der Waals surface area contributed by atoms with Crippen LogP contribution < -0.4 is 11.2 Å². The number of benzene rings is 1. The molecule has 1 aliphatic heterocycles. The third kappa shape index (κ3) is 3.32. The van der Waals surface area contributed by atoms with E-state index in [2.05, 4.69) is 46.7 Å². The van der Waals surface area contributed by atoms with Gasteiger partial charge in [-0.25, -0.2) is 10.1 Å². The zero-order valence-electron chi connectivity index (χ0n) is 16.3. The Bertz CT molecular complexity index is 1110. The fourth-order valence-electron chi connectivity index (χ4n) is 3.98. The van der Waals surface area contributed by atoms with E-state index in [-0.39, 0.29) is 17.3 Å². The topological polar surface area (TPSA) is 140 Å². The highest BCUT2D eigenvalue weighted by Crippen LogP contribution is 2.22. The minimum atomic E-state index is -0.437. The molecule has 0 saturated carbocycles. The summed E-state index contributed by atoms with van der Waals surface area (Å²) in [6, 6.07) is 8.06. The maximum atomic E-state index is 13.1. The number of rotatable bonds is 5. The van der Waals surface area contributed by atoms with Crippen LogP contribution in [-0.4, -0.2) is 54.9 Å². The summed E-state index contributed by atoms with van der Waals surface area (Å²) in [6.45, 7) is 2.43. The Balaban J connectivity index is 1.45. The number of nitrogens with two attached hydrogens (primary N) is 1. The van der Waals surface area contributed by atoms with Gasteiger partial charge in [-0.15, -0.1) is 5.10 Å². The molecule has 154 valence electrons. The van der Waals surface area contributed by atoms with Gasteiger partial charge in [0.05, 0.1) is 5.71 Å². The van der Waals surface area contributed by atoms with Crippen LogP contribution in [0.5, 0.6) is 0 Å². The molecule has 0 spiro atoms. The molecular formula is C19H21N9O2. The average molecular weight is 407 g/mol. The predicted octanol–water partition coefficient (Wildman–Crippen LogP) is 0.909. The van der Waals surface area contributed by atoms with E-state index in [9.17, 15) is 4.79 Å². The molecule has 0 radical (unpaired) electrons. The largest absolute Gasteiger partial charge is 0.378 e. The number of amides is 1. The summed E-state index contributed by atoms with van der Waals surface area (Å²) in [5, 5.41) is 20.0. The second-order valence-electron chi connectivity index (χ2n) is 7.41. The summed E-state index contributed by atoms with van der Waals surface area (Å²) in [5.74, 6) is -0.287. The van der Waals surface area contributed by atoms with Gasteiger partial charge in [0.15, 0.2) is 5.69 Å². The zero-order chi connectivity index (χ0) is 20.5. The van der Waals surface area contributed by atoms with Crippen molar-refractivity contribution in [2.24, 2.45) is 5.10 Å². The Kier molecular flexibility index (Phi) is 4.71. The van der Waals surface area contributed by atoms with Crippen LogP contribution in [0, 0.1) is 0 Å². The summed E-state index contributed by atoms with van der Waals surface area (Å²) in [6.07, 6.45) is 3.94. The van der Waals surface area contributed by atoms with E-state index in [1.165, 1.54) is 10.2 Å². The van der Waals surface area contributed by atoms with Crippen LogP contribution >= 0.6 is 0 Å². The summed E-state index contributed by atoms with van der Waals surface area (Å²) >= 11 is 0. The second kappa shape index (κ2) is 7.67. The first-order chi connectivity index (χ1) is 14.7. The number of hydrogen-bond donors (Lipinski definition) is 2. The molecule has 0 atom stereocenters. The van der Waals surface area contributed by atoms with E-state index in [0.29, 0.717) is 12.2 Å². The molecule has 30 heavy (non-hydrogen) atoms. The molecule has 1 saturated heterocycles. The lowest BCUT2D eigenvalue weighted by Crippen LogP contribution is -2.26. The first kappa shape index (κ1) is 18.4. The number of fused-ring (bicyclic) bond motifs is 1. The molecular weight excluding hydrogens is 386 g/mol. The predicted molar refractivity (Wildman–Crippen MR) is 107 cm³/mol. The smallest absolute Gasteiger partial charge is 0.292 e. The standard InChI is InChI=1S/C19H21N9O2/c20-17-18(25-30-24-17)28-16(15(22-26-28)11-27-9-3-4-10-27)19(29)23-21-14-8-7-12-5-1-2-6-13(12)14/h1-2,5-6H,3-4,7-11H2,(H2,20,24)(H,23,29)/b21-14+. The van der Waals surface area contributed by atoms with Gasteiger partial charge in [-0.3, -0.25) is 9.69 Å². The number of anilines is 1. The molecule has 1 amide bonds. The van der Waals surface area contributed by atoms with Gasteiger partial charge in [0.2, 0.25) is 11.6 Å². The van der Waals surface area contributed by atoms with Crippen molar-refractivity contribution in [2.45, 2.75) is 32.2 Å². The number of hydrogen-bond acceptors (Lipinski definition) is 9. The lowest BCUT2D eigenvalue weighted by atomic mass is 10.1. The lowest BCUT2D eigenvalue weighted by Gasteiger charge is -2.13. The van der Waals surface area contributed by atoms with Crippen molar-refractivity contribution in [1.82, 2.24) is 35.6 Å². The number of likely N-dealkylation sites (tertiary alicyclic amines) is 1. The Hall–Kier alpha value is -3.60. The zero-order valence-corrected chi connectivity index (χ0v) is 16.3. The summed E-state index contributed by atoms with van der Waals surface area (Å²) in [7, 11) is 0. The number of aryl methyl sites for hydroxylation is 1. The highest BCUT2D eigenvalue weighted by molar-refractivity contribution is 6.05. The van der Waals surface area contributed by atoms with Crippen molar-refractivity contribution < 1.29 is 9.42 Å². The lowest BCUT2D eigenvalue weighted by molar-refractivity contribution is 0.0945. The Labute approximate surface area is 171 Å². The molecule has 11 nitrogen and oxygen atoms in total. The van der Waals surface area contributed by atoms with Gasteiger partial charge in [0.25, 0.3) is 5.91 Å². The molecule has 1 aliphatic carbocycles. The van der Waals surface area contributed by atoms with Crippen molar-refractivity contribution in [3.8, 4) is 5.82 Å². The minimum absolute atomic E-state index is 0.0257. The molecule has 3 heterocycles. The number of carbonyl (C=O) groups is 1. The summed E-state index contributed by atoms with van der Waals surface area (Å²) in [4.78, 5) is 15.4. The van der Waals surface area contributed by atoms with Gasteiger partial charge in [-0.1, -0.05) is 29.5 Å². The highest BCUT2D eigenvalue weighted by Gasteiger charge is 2.27. The van der Waals surface area contributed by atoms with Crippen molar-refractivity contribution in [2.75, 3.05) is 18.8 Å². The number of nitrogen functional groups attached to an aromatic ring is 1. The van der Waals surface area contributed by atoms with Gasteiger partial charge < -0.3 is 5.73 Å². The third-order valence-corrected chi connectivity index (χ3v) is 5.48. The Morgan fingerprint density at radius 3 is 2.83 bits per heavy atom. The maximum Gasteiger partial charge on any atom is 0.292 e. The molecule has 1 fully saturated rings. The molecule has 2 aliphatic rings. The second-order valence-corrected chi connectivity index (χ2v) is 7.41. The van der Waals surface area contributed by atoms with E-state index in [4.69, 9.17) is 5.73 Å². The molecule has 2 aromatic heterocycles. The highest BCUT2D eigenvalue weighted by atomic mass is 16.6. The minimum Gasteiger partial charge on any atom is -0.378 e. The van der Waals surface area contributed by atoms with E-state index in [0.717, 1.165) is 50.0 Å². The van der Waals surface area contributed by atoms with Crippen molar-refractivity contribution >= 4 is 17.4 Å². The van der Waals surface area contributed by atoms with Crippen LogP contribution in [0.4, 0.5) is 5.82 Å².